The molecule has 0 unspecified atom stereocenters. The highest BCUT2D eigenvalue weighted by Gasteiger charge is 2.28. The molecule has 4 rings (SSSR count). The Morgan fingerprint density at radius 2 is 1.71 bits per heavy atom. The molecule has 3 heterocycles. The minimum Gasteiger partial charge on any atom is -0.372 e. The molecule has 0 bridgehead atoms. The first-order chi connectivity index (χ1) is 13.7. The van der Waals surface area contributed by atoms with Gasteiger partial charge in [0, 0.05) is 44.3 Å². The van der Waals surface area contributed by atoms with Crippen LogP contribution in [-0.4, -0.2) is 42.9 Å². The van der Waals surface area contributed by atoms with Crippen molar-refractivity contribution in [3.63, 3.8) is 0 Å². The third-order valence-corrected chi connectivity index (χ3v) is 6.62. The fraction of sp³-hybridized carbons (Fsp3) is 0.455. The van der Waals surface area contributed by atoms with Gasteiger partial charge < -0.3 is 15.1 Å². The van der Waals surface area contributed by atoms with Crippen molar-refractivity contribution in [1.29, 1.82) is 0 Å². The Morgan fingerprint density at radius 1 is 1.00 bits per heavy atom. The van der Waals surface area contributed by atoms with Crippen molar-refractivity contribution in [1.82, 2.24) is 10.2 Å². The summed E-state index contributed by atoms with van der Waals surface area (Å²) in [5, 5.41) is 5.00. The van der Waals surface area contributed by atoms with Gasteiger partial charge in [0.05, 0.1) is 4.88 Å². The maximum Gasteiger partial charge on any atom is 0.263 e. The van der Waals surface area contributed by atoms with Gasteiger partial charge in [0.1, 0.15) is 0 Å². The monoisotopic (exact) mass is 397 g/mol. The van der Waals surface area contributed by atoms with Crippen molar-refractivity contribution in [3.05, 3.63) is 52.2 Å². The first-order valence-electron chi connectivity index (χ1n) is 10.1. The van der Waals surface area contributed by atoms with Crippen molar-refractivity contribution in [2.45, 2.75) is 32.2 Å². The number of likely N-dealkylation sites (tertiary alicyclic amines) is 1. The minimum absolute atomic E-state index is 0.00346. The molecule has 1 aromatic heterocycles. The lowest BCUT2D eigenvalue weighted by Gasteiger charge is -2.31. The highest BCUT2D eigenvalue weighted by molar-refractivity contribution is 7.12. The van der Waals surface area contributed by atoms with E-state index in [0.29, 0.717) is 19.6 Å². The summed E-state index contributed by atoms with van der Waals surface area (Å²) >= 11 is 1.47. The van der Waals surface area contributed by atoms with Crippen molar-refractivity contribution in [2.75, 3.05) is 31.1 Å². The third kappa shape index (κ3) is 4.38. The van der Waals surface area contributed by atoms with Crippen LogP contribution in [0.3, 0.4) is 0 Å². The average Bonchev–Trinajstić information content (AvgIpc) is 3.46. The Balaban J connectivity index is 1.23. The van der Waals surface area contributed by atoms with Crippen molar-refractivity contribution >= 4 is 28.8 Å². The van der Waals surface area contributed by atoms with Gasteiger partial charge in [-0.1, -0.05) is 18.2 Å². The van der Waals surface area contributed by atoms with E-state index in [1.165, 1.54) is 29.9 Å². The van der Waals surface area contributed by atoms with Gasteiger partial charge in [-0.3, -0.25) is 9.59 Å². The summed E-state index contributed by atoms with van der Waals surface area (Å²) in [7, 11) is 0. The minimum atomic E-state index is -0.00346. The maximum absolute atomic E-state index is 12.5. The number of anilines is 1. The molecule has 0 spiro atoms. The molecular weight excluding hydrogens is 370 g/mol. The second-order valence-corrected chi connectivity index (χ2v) is 8.57. The lowest BCUT2D eigenvalue weighted by atomic mass is 9.95. The number of carbonyl (C=O) groups is 2. The Hall–Kier alpha value is -2.34. The number of piperidine rings is 1. The van der Waals surface area contributed by atoms with E-state index in [2.05, 4.69) is 34.5 Å². The van der Waals surface area contributed by atoms with Crippen molar-refractivity contribution in [3.8, 4) is 0 Å². The van der Waals surface area contributed by atoms with Crippen LogP contribution in [0.2, 0.25) is 0 Å². The lowest BCUT2D eigenvalue weighted by molar-refractivity contribution is -0.126. The number of amides is 2. The highest BCUT2D eigenvalue weighted by atomic mass is 32.1. The predicted octanol–water partition coefficient (Wildman–Crippen LogP) is 3.52. The van der Waals surface area contributed by atoms with E-state index in [0.717, 1.165) is 36.4 Å². The summed E-state index contributed by atoms with van der Waals surface area (Å²) in [6.45, 7) is 4.15. The summed E-state index contributed by atoms with van der Waals surface area (Å²) in [5.74, 6) is 0.190. The summed E-state index contributed by atoms with van der Waals surface area (Å²) in [4.78, 5) is 30.0. The number of rotatable bonds is 5. The molecule has 2 aliphatic heterocycles. The van der Waals surface area contributed by atoms with Gasteiger partial charge in [-0.25, -0.2) is 0 Å². The molecule has 2 aromatic rings. The van der Waals surface area contributed by atoms with Crippen LogP contribution in [0.1, 0.15) is 40.9 Å². The van der Waals surface area contributed by atoms with Gasteiger partial charge in [0.25, 0.3) is 5.91 Å². The van der Waals surface area contributed by atoms with E-state index in [9.17, 15) is 9.59 Å². The Labute approximate surface area is 170 Å². The molecule has 2 saturated heterocycles. The number of nitrogens with zero attached hydrogens (tertiary/aromatic N) is 2. The van der Waals surface area contributed by atoms with E-state index in [-0.39, 0.29) is 17.7 Å². The molecule has 148 valence electrons. The fourth-order valence-electron chi connectivity index (χ4n) is 4.03. The molecule has 0 atom stereocenters. The number of thiophene rings is 1. The Kier molecular flexibility index (Phi) is 5.95. The molecule has 0 radical (unpaired) electrons. The molecule has 28 heavy (non-hydrogen) atoms. The second-order valence-electron chi connectivity index (χ2n) is 7.62. The standard InChI is InChI=1S/C22H27N3O2S/c26-21(18-9-13-25(14-10-18)22(27)20-4-3-15-28-20)23-16-17-5-7-19(8-6-17)24-11-1-2-12-24/h3-8,15,18H,1-2,9-14,16H2,(H,23,26). The van der Waals surface area contributed by atoms with Gasteiger partial charge in [0.2, 0.25) is 5.91 Å². The Bertz CT molecular complexity index is 790. The summed E-state index contributed by atoms with van der Waals surface area (Å²) in [6.07, 6.45) is 4.01. The van der Waals surface area contributed by atoms with E-state index in [4.69, 9.17) is 0 Å². The number of hydrogen-bond acceptors (Lipinski definition) is 4. The molecule has 1 aromatic carbocycles. The first-order valence-corrected chi connectivity index (χ1v) is 11.0. The summed E-state index contributed by atoms with van der Waals surface area (Å²) in [6, 6.07) is 12.3. The fourth-order valence-corrected chi connectivity index (χ4v) is 4.73. The van der Waals surface area contributed by atoms with E-state index < -0.39 is 0 Å². The van der Waals surface area contributed by atoms with Crippen LogP contribution in [-0.2, 0) is 11.3 Å². The van der Waals surface area contributed by atoms with Crippen LogP contribution in [0.5, 0.6) is 0 Å². The number of nitrogens with one attached hydrogen (secondary N) is 1. The van der Waals surface area contributed by atoms with Crippen LogP contribution < -0.4 is 10.2 Å². The zero-order valence-electron chi connectivity index (χ0n) is 16.1. The molecule has 2 aliphatic rings. The van der Waals surface area contributed by atoms with Crippen LogP contribution >= 0.6 is 11.3 Å². The number of carbonyl (C=O) groups excluding carboxylic acids is 2. The quantitative estimate of drug-likeness (QED) is 0.840. The van der Waals surface area contributed by atoms with E-state index in [1.807, 2.05) is 22.4 Å². The topological polar surface area (TPSA) is 52.7 Å². The second kappa shape index (κ2) is 8.78. The normalized spacial score (nSPS) is 17.7. The average molecular weight is 398 g/mol. The lowest BCUT2D eigenvalue weighted by Crippen LogP contribution is -2.42. The molecule has 0 aliphatic carbocycles. The maximum atomic E-state index is 12.5. The SMILES string of the molecule is O=C(NCc1ccc(N2CCCC2)cc1)C1CCN(C(=O)c2cccs2)CC1. The van der Waals surface area contributed by atoms with Crippen LogP contribution in [0, 0.1) is 5.92 Å². The van der Waals surface area contributed by atoms with Gasteiger partial charge in [-0.15, -0.1) is 11.3 Å². The molecular formula is C22H27N3O2S. The van der Waals surface area contributed by atoms with Crippen molar-refractivity contribution < 1.29 is 9.59 Å². The summed E-state index contributed by atoms with van der Waals surface area (Å²) < 4.78 is 0. The van der Waals surface area contributed by atoms with E-state index >= 15 is 0 Å². The zero-order chi connectivity index (χ0) is 19.3. The molecule has 5 nitrogen and oxygen atoms in total. The van der Waals surface area contributed by atoms with Gasteiger partial charge >= 0.3 is 0 Å². The largest absolute Gasteiger partial charge is 0.372 e. The van der Waals surface area contributed by atoms with Gasteiger partial charge in [0.15, 0.2) is 0 Å². The van der Waals surface area contributed by atoms with Gasteiger partial charge in [-0.2, -0.15) is 0 Å². The van der Waals surface area contributed by atoms with E-state index in [1.54, 1.807) is 0 Å². The summed E-state index contributed by atoms with van der Waals surface area (Å²) in [5.41, 5.74) is 2.40. The number of benzene rings is 1. The van der Waals surface area contributed by atoms with Crippen LogP contribution in [0.25, 0.3) is 0 Å². The van der Waals surface area contributed by atoms with Crippen molar-refractivity contribution in [2.24, 2.45) is 5.92 Å². The Morgan fingerprint density at radius 3 is 2.36 bits per heavy atom. The molecule has 2 fully saturated rings. The molecule has 0 saturated carbocycles. The molecule has 2 amide bonds. The third-order valence-electron chi connectivity index (χ3n) is 5.76. The smallest absolute Gasteiger partial charge is 0.263 e. The molecule has 6 heteroatoms. The van der Waals surface area contributed by atoms with Crippen LogP contribution in [0.15, 0.2) is 41.8 Å². The highest BCUT2D eigenvalue weighted by Crippen LogP contribution is 2.22. The molecule has 1 N–H and O–H groups in total. The zero-order valence-corrected chi connectivity index (χ0v) is 16.9. The van der Waals surface area contributed by atoms with Crippen LogP contribution in [0.4, 0.5) is 5.69 Å². The van der Waals surface area contributed by atoms with Gasteiger partial charge in [-0.05, 0) is 54.8 Å². The number of hydrogen-bond donors (Lipinski definition) is 1. The predicted molar refractivity (Wildman–Crippen MR) is 113 cm³/mol. The first kappa shape index (κ1) is 19.0.